The Hall–Kier alpha value is -1.46. The van der Waals surface area contributed by atoms with Gasteiger partial charge in [0.05, 0.1) is 5.02 Å². The lowest BCUT2D eigenvalue weighted by atomic mass is 10.1. The minimum Gasteiger partial charge on any atom is -0.339 e. The van der Waals surface area contributed by atoms with Crippen LogP contribution in [0.4, 0.5) is 4.39 Å². The molecule has 19 heavy (non-hydrogen) atoms. The van der Waals surface area contributed by atoms with Crippen molar-refractivity contribution in [3.63, 3.8) is 0 Å². The summed E-state index contributed by atoms with van der Waals surface area (Å²) in [4.78, 5) is 4.11. The van der Waals surface area contributed by atoms with E-state index in [-0.39, 0.29) is 11.1 Å². The Balaban J connectivity index is 1.86. The number of rotatable bonds is 5. The van der Waals surface area contributed by atoms with Gasteiger partial charge in [0.15, 0.2) is 5.82 Å². The lowest BCUT2D eigenvalue weighted by molar-refractivity contribution is 0.370. The molecule has 1 heterocycles. The molecule has 102 valence electrons. The van der Waals surface area contributed by atoms with E-state index in [2.05, 4.69) is 15.5 Å². The topological polar surface area (TPSA) is 51.0 Å². The quantitative estimate of drug-likeness (QED) is 0.916. The van der Waals surface area contributed by atoms with Gasteiger partial charge in [0.25, 0.3) is 0 Å². The lowest BCUT2D eigenvalue weighted by Gasteiger charge is -2.13. The van der Waals surface area contributed by atoms with Crippen LogP contribution >= 0.6 is 11.6 Å². The Morgan fingerprint density at radius 3 is 2.89 bits per heavy atom. The van der Waals surface area contributed by atoms with Crippen LogP contribution in [0.1, 0.15) is 30.2 Å². The molecule has 0 aliphatic carbocycles. The highest BCUT2D eigenvalue weighted by molar-refractivity contribution is 6.30. The van der Waals surface area contributed by atoms with Crippen molar-refractivity contribution in [3.05, 3.63) is 46.3 Å². The van der Waals surface area contributed by atoms with Gasteiger partial charge in [-0.3, -0.25) is 0 Å². The molecule has 1 atom stereocenters. The molecule has 1 aromatic heterocycles. The van der Waals surface area contributed by atoms with Gasteiger partial charge in [0.1, 0.15) is 5.82 Å². The van der Waals surface area contributed by atoms with E-state index >= 15 is 0 Å². The van der Waals surface area contributed by atoms with Gasteiger partial charge < -0.3 is 9.84 Å². The predicted octanol–water partition coefficient (Wildman–Crippen LogP) is 3.06. The van der Waals surface area contributed by atoms with Crippen LogP contribution in [0, 0.1) is 12.7 Å². The fourth-order valence-corrected chi connectivity index (χ4v) is 1.85. The number of aromatic nitrogens is 2. The van der Waals surface area contributed by atoms with Crippen LogP contribution in [0.5, 0.6) is 0 Å². The average Bonchev–Trinajstić information content (AvgIpc) is 2.78. The van der Waals surface area contributed by atoms with Crippen molar-refractivity contribution < 1.29 is 8.91 Å². The third kappa shape index (κ3) is 3.75. The van der Waals surface area contributed by atoms with Gasteiger partial charge in [0, 0.05) is 19.0 Å². The number of hydrogen-bond acceptors (Lipinski definition) is 4. The predicted molar refractivity (Wildman–Crippen MR) is 70.6 cm³/mol. The van der Waals surface area contributed by atoms with Crippen LogP contribution in [0.2, 0.25) is 5.02 Å². The normalized spacial score (nSPS) is 12.6. The van der Waals surface area contributed by atoms with Crippen molar-refractivity contribution in [3.8, 4) is 0 Å². The molecule has 0 fully saturated rings. The zero-order valence-electron chi connectivity index (χ0n) is 10.8. The Kier molecular flexibility index (Phi) is 4.50. The Bertz CT molecular complexity index is 559. The van der Waals surface area contributed by atoms with Crippen molar-refractivity contribution >= 4 is 11.6 Å². The number of nitrogens with zero attached hydrogens (tertiary/aromatic N) is 2. The first-order valence-corrected chi connectivity index (χ1v) is 6.41. The zero-order chi connectivity index (χ0) is 13.8. The fourth-order valence-electron chi connectivity index (χ4n) is 1.74. The molecule has 6 heteroatoms. The summed E-state index contributed by atoms with van der Waals surface area (Å²) in [6.07, 6.45) is 0.640. The standard InChI is InChI=1S/C13H15ClFN3O/c1-8(10-3-4-11(14)12(15)7-10)16-6-5-13-17-9(2)18-19-13/h3-4,7-8,16H,5-6H2,1-2H3. The summed E-state index contributed by atoms with van der Waals surface area (Å²) in [7, 11) is 0. The highest BCUT2D eigenvalue weighted by atomic mass is 35.5. The molecule has 4 nitrogen and oxygen atoms in total. The highest BCUT2D eigenvalue weighted by Gasteiger charge is 2.09. The van der Waals surface area contributed by atoms with E-state index in [0.29, 0.717) is 24.7 Å². The smallest absolute Gasteiger partial charge is 0.227 e. The highest BCUT2D eigenvalue weighted by Crippen LogP contribution is 2.19. The molecular weight excluding hydrogens is 269 g/mol. The summed E-state index contributed by atoms with van der Waals surface area (Å²) >= 11 is 5.65. The van der Waals surface area contributed by atoms with Gasteiger partial charge in [-0.05, 0) is 31.5 Å². The van der Waals surface area contributed by atoms with E-state index in [4.69, 9.17) is 16.1 Å². The molecular formula is C13H15ClFN3O. The second kappa shape index (κ2) is 6.12. The van der Waals surface area contributed by atoms with Gasteiger partial charge in [0.2, 0.25) is 5.89 Å². The zero-order valence-corrected chi connectivity index (χ0v) is 11.5. The van der Waals surface area contributed by atoms with E-state index in [1.165, 1.54) is 6.07 Å². The number of halogens is 2. The van der Waals surface area contributed by atoms with Crippen molar-refractivity contribution in [2.24, 2.45) is 0 Å². The third-order valence-electron chi connectivity index (χ3n) is 2.80. The number of aryl methyl sites for hydroxylation is 1. The molecule has 2 rings (SSSR count). The molecule has 0 saturated heterocycles. The van der Waals surface area contributed by atoms with Gasteiger partial charge in [-0.25, -0.2) is 4.39 Å². The summed E-state index contributed by atoms with van der Waals surface area (Å²) in [5.41, 5.74) is 0.851. The van der Waals surface area contributed by atoms with E-state index in [1.807, 2.05) is 6.92 Å². The van der Waals surface area contributed by atoms with Crippen molar-refractivity contribution in [1.82, 2.24) is 15.5 Å². The summed E-state index contributed by atoms with van der Waals surface area (Å²) < 4.78 is 18.3. The second-order valence-corrected chi connectivity index (χ2v) is 4.74. The van der Waals surface area contributed by atoms with E-state index in [9.17, 15) is 4.39 Å². The number of hydrogen-bond donors (Lipinski definition) is 1. The molecule has 1 N–H and O–H groups in total. The Morgan fingerprint density at radius 2 is 2.26 bits per heavy atom. The Morgan fingerprint density at radius 1 is 1.47 bits per heavy atom. The van der Waals surface area contributed by atoms with E-state index in [1.54, 1.807) is 19.1 Å². The molecule has 0 aliphatic heterocycles. The van der Waals surface area contributed by atoms with Crippen molar-refractivity contribution in [1.29, 1.82) is 0 Å². The molecule has 2 aromatic rings. The second-order valence-electron chi connectivity index (χ2n) is 4.33. The first kappa shape index (κ1) is 14.0. The minimum absolute atomic E-state index is 0.0239. The molecule has 1 unspecified atom stereocenters. The van der Waals surface area contributed by atoms with E-state index in [0.717, 1.165) is 5.56 Å². The van der Waals surface area contributed by atoms with Crippen LogP contribution in [0.3, 0.4) is 0 Å². The van der Waals surface area contributed by atoms with Gasteiger partial charge in [-0.1, -0.05) is 22.8 Å². The molecule has 0 amide bonds. The first-order valence-electron chi connectivity index (χ1n) is 6.04. The molecule has 0 spiro atoms. The van der Waals surface area contributed by atoms with Crippen molar-refractivity contribution in [2.75, 3.05) is 6.54 Å². The van der Waals surface area contributed by atoms with Crippen LogP contribution < -0.4 is 5.32 Å². The molecule has 1 aromatic carbocycles. The van der Waals surface area contributed by atoms with Gasteiger partial charge in [-0.2, -0.15) is 4.98 Å². The largest absolute Gasteiger partial charge is 0.339 e. The molecule has 0 bridgehead atoms. The van der Waals surface area contributed by atoms with Crippen LogP contribution in [-0.2, 0) is 6.42 Å². The van der Waals surface area contributed by atoms with Crippen molar-refractivity contribution in [2.45, 2.75) is 26.3 Å². The monoisotopic (exact) mass is 283 g/mol. The average molecular weight is 284 g/mol. The maximum Gasteiger partial charge on any atom is 0.227 e. The number of nitrogens with one attached hydrogen (secondary N) is 1. The SMILES string of the molecule is Cc1noc(CCNC(C)c2ccc(Cl)c(F)c2)n1. The third-order valence-corrected chi connectivity index (χ3v) is 3.11. The summed E-state index contributed by atoms with van der Waals surface area (Å²) in [6, 6.07) is 4.83. The summed E-state index contributed by atoms with van der Waals surface area (Å²) in [5.74, 6) is 0.822. The van der Waals surface area contributed by atoms with E-state index < -0.39 is 5.82 Å². The van der Waals surface area contributed by atoms with Crippen LogP contribution in [0.15, 0.2) is 22.7 Å². The summed E-state index contributed by atoms with van der Waals surface area (Å²) in [5, 5.41) is 7.12. The maximum atomic E-state index is 13.3. The first-order chi connectivity index (χ1) is 9.06. The lowest BCUT2D eigenvalue weighted by Crippen LogP contribution is -2.21. The summed E-state index contributed by atoms with van der Waals surface area (Å²) in [6.45, 7) is 4.41. The van der Waals surface area contributed by atoms with Crippen LogP contribution in [-0.4, -0.2) is 16.7 Å². The minimum atomic E-state index is -0.402. The van der Waals surface area contributed by atoms with Gasteiger partial charge >= 0.3 is 0 Å². The Labute approximate surface area is 116 Å². The van der Waals surface area contributed by atoms with Gasteiger partial charge in [-0.15, -0.1) is 0 Å². The van der Waals surface area contributed by atoms with Crippen LogP contribution in [0.25, 0.3) is 0 Å². The maximum absolute atomic E-state index is 13.3. The molecule has 0 radical (unpaired) electrons. The molecule has 0 aliphatic rings. The number of benzene rings is 1. The fraction of sp³-hybridized carbons (Fsp3) is 0.385. The molecule has 0 saturated carbocycles.